The summed E-state index contributed by atoms with van der Waals surface area (Å²) < 4.78 is 12.1. The number of benzene rings is 2. The summed E-state index contributed by atoms with van der Waals surface area (Å²) in [5.74, 6) is 0.533. The van der Waals surface area contributed by atoms with Crippen molar-refractivity contribution in [2.75, 3.05) is 44.2 Å². The molecule has 3 heterocycles. The van der Waals surface area contributed by atoms with E-state index in [-0.39, 0.29) is 12.1 Å². The summed E-state index contributed by atoms with van der Waals surface area (Å²) >= 11 is 0. The fraction of sp³-hybridized carbons (Fsp3) is 0.393. The van der Waals surface area contributed by atoms with E-state index < -0.39 is 5.97 Å². The average molecular weight is 489 g/mol. The number of hydrogen-bond donors (Lipinski definition) is 0. The number of anilines is 1. The maximum Gasteiger partial charge on any atom is 0.326 e. The molecule has 188 valence electrons. The first-order valence-electron chi connectivity index (χ1n) is 12.6. The molecule has 2 aromatic heterocycles. The Bertz CT molecular complexity index is 1460. The number of para-hydroxylation sites is 1. The van der Waals surface area contributed by atoms with Crippen LogP contribution in [-0.4, -0.2) is 59.9 Å². The lowest BCUT2D eigenvalue weighted by molar-refractivity contribution is -0.143. The largest absolute Gasteiger partial charge is 0.465 e. The predicted molar refractivity (Wildman–Crippen MR) is 141 cm³/mol. The molecular formula is C28H32N4O4. The zero-order valence-electron chi connectivity index (χ0n) is 21.1. The molecule has 0 aliphatic carbocycles. The minimum atomic E-state index is -0.397. The van der Waals surface area contributed by atoms with E-state index in [0.29, 0.717) is 12.2 Å². The fourth-order valence-corrected chi connectivity index (χ4v) is 5.01. The van der Waals surface area contributed by atoms with E-state index in [1.165, 1.54) is 10.1 Å². The molecule has 0 saturated carbocycles. The first-order valence-corrected chi connectivity index (χ1v) is 12.6. The number of pyridine rings is 1. The summed E-state index contributed by atoms with van der Waals surface area (Å²) in [6, 6.07) is 14.2. The van der Waals surface area contributed by atoms with E-state index >= 15 is 0 Å². The second kappa shape index (κ2) is 10.1. The third kappa shape index (κ3) is 4.60. The van der Waals surface area contributed by atoms with Gasteiger partial charge in [0.15, 0.2) is 11.4 Å². The van der Waals surface area contributed by atoms with Crippen LogP contribution >= 0.6 is 0 Å². The Kier molecular flexibility index (Phi) is 6.78. The average Bonchev–Trinajstić information content (AvgIpc) is 3.33. The van der Waals surface area contributed by atoms with Crippen LogP contribution in [0.5, 0.6) is 0 Å². The van der Waals surface area contributed by atoms with Crippen LogP contribution in [0.2, 0.25) is 0 Å². The van der Waals surface area contributed by atoms with Gasteiger partial charge in [0.05, 0.1) is 17.5 Å². The number of nitrogens with zero attached hydrogens (tertiary/aromatic N) is 4. The van der Waals surface area contributed by atoms with E-state index in [2.05, 4.69) is 33.2 Å². The number of esters is 1. The lowest BCUT2D eigenvalue weighted by Crippen LogP contribution is -2.47. The molecule has 1 aliphatic rings. The van der Waals surface area contributed by atoms with Crippen LogP contribution in [0.1, 0.15) is 23.6 Å². The van der Waals surface area contributed by atoms with Crippen molar-refractivity contribution < 1.29 is 14.1 Å². The van der Waals surface area contributed by atoms with Gasteiger partial charge in [-0.25, -0.2) is 0 Å². The molecule has 4 aromatic rings. The Labute approximate surface area is 210 Å². The third-order valence-electron chi connectivity index (χ3n) is 7.22. The van der Waals surface area contributed by atoms with Crippen molar-refractivity contribution >= 4 is 33.7 Å². The van der Waals surface area contributed by atoms with Gasteiger partial charge in [0, 0.05) is 43.7 Å². The Hall–Kier alpha value is -3.65. The summed E-state index contributed by atoms with van der Waals surface area (Å²) in [6.45, 7) is 10.5. The zero-order chi connectivity index (χ0) is 25.2. The number of rotatable bonds is 7. The van der Waals surface area contributed by atoms with Gasteiger partial charge in [0.1, 0.15) is 6.54 Å². The number of piperazine rings is 1. The quantitative estimate of drug-likeness (QED) is 0.367. The molecule has 0 radical (unpaired) electrons. The van der Waals surface area contributed by atoms with Gasteiger partial charge in [-0.1, -0.05) is 23.4 Å². The van der Waals surface area contributed by atoms with Crippen LogP contribution in [0, 0.1) is 13.8 Å². The predicted octanol–water partition coefficient (Wildman–Crippen LogP) is 3.69. The summed E-state index contributed by atoms with van der Waals surface area (Å²) in [6.07, 6.45) is 0.915. The standard InChI is InChI=1S/C28H32N4O4/c1-4-35-26(33)18-32-24-10-9-21(17-23(24)19(2)20(3)28(32)34)11-12-30-13-15-31(16-14-30)27-22-7-5-6-8-25(22)36-29-27/h5-10,17H,4,11-16,18H2,1-3H3. The number of aryl methyl sites for hydroxylation is 1. The lowest BCUT2D eigenvalue weighted by Gasteiger charge is -2.34. The van der Waals surface area contributed by atoms with Gasteiger partial charge in [-0.05, 0) is 62.6 Å². The first kappa shape index (κ1) is 24.1. The molecule has 36 heavy (non-hydrogen) atoms. The van der Waals surface area contributed by atoms with Crippen LogP contribution in [0.15, 0.2) is 51.8 Å². The minimum Gasteiger partial charge on any atom is -0.465 e. The number of hydrogen-bond acceptors (Lipinski definition) is 7. The molecule has 2 aromatic carbocycles. The highest BCUT2D eigenvalue weighted by atomic mass is 16.5. The Morgan fingerprint density at radius 1 is 1.03 bits per heavy atom. The maximum atomic E-state index is 12.9. The monoisotopic (exact) mass is 488 g/mol. The zero-order valence-corrected chi connectivity index (χ0v) is 21.1. The highest BCUT2D eigenvalue weighted by Crippen LogP contribution is 2.27. The molecule has 0 unspecified atom stereocenters. The van der Waals surface area contributed by atoms with Crippen LogP contribution in [0.3, 0.4) is 0 Å². The molecule has 1 aliphatic heterocycles. The second-order valence-corrected chi connectivity index (χ2v) is 9.38. The van der Waals surface area contributed by atoms with Crippen molar-refractivity contribution in [3.05, 3.63) is 69.5 Å². The Morgan fingerprint density at radius 2 is 1.81 bits per heavy atom. The highest BCUT2D eigenvalue weighted by molar-refractivity contribution is 5.88. The van der Waals surface area contributed by atoms with Gasteiger partial charge in [-0.2, -0.15) is 0 Å². The van der Waals surface area contributed by atoms with E-state index in [9.17, 15) is 9.59 Å². The topological polar surface area (TPSA) is 80.8 Å². The normalized spacial score (nSPS) is 14.6. The summed E-state index contributed by atoms with van der Waals surface area (Å²) in [5.41, 5.74) is 4.30. The molecule has 1 saturated heterocycles. The summed E-state index contributed by atoms with van der Waals surface area (Å²) in [4.78, 5) is 29.8. The van der Waals surface area contributed by atoms with Crippen LogP contribution < -0.4 is 10.5 Å². The molecule has 0 bridgehead atoms. The van der Waals surface area contributed by atoms with Gasteiger partial charge in [-0.3, -0.25) is 19.1 Å². The molecule has 0 atom stereocenters. The summed E-state index contributed by atoms with van der Waals surface area (Å²) in [7, 11) is 0. The van der Waals surface area contributed by atoms with Gasteiger partial charge >= 0.3 is 5.97 Å². The lowest BCUT2D eigenvalue weighted by atomic mass is 10.0. The van der Waals surface area contributed by atoms with Crippen LogP contribution in [0.25, 0.3) is 21.9 Å². The van der Waals surface area contributed by atoms with Crippen molar-refractivity contribution in [2.45, 2.75) is 33.7 Å². The van der Waals surface area contributed by atoms with Gasteiger partial charge in [0.2, 0.25) is 0 Å². The first-order chi connectivity index (χ1) is 17.5. The summed E-state index contributed by atoms with van der Waals surface area (Å²) in [5, 5.41) is 6.38. The molecule has 0 N–H and O–H groups in total. The van der Waals surface area contributed by atoms with Crippen molar-refractivity contribution in [3.8, 4) is 0 Å². The number of ether oxygens (including phenoxy) is 1. The number of aromatic nitrogens is 2. The van der Waals surface area contributed by atoms with Crippen molar-refractivity contribution in [1.29, 1.82) is 0 Å². The van der Waals surface area contributed by atoms with E-state index in [1.807, 2.05) is 38.1 Å². The molecule has 0 amide bonds. The fourth-order valence-electron chi connectivity index (χ4n) is 5.01. The van der Waals surface area contributed by atoms with Crippen molar-refractivity contribution in [1.82, 2.24) is 14.6 Å². The van der Waals surface area contributed by atoms with Gasteiger partial charge in [-0.15, -0.1) is 0 Å². The molecule has 0 spiro atoms. The Morgan fingerprint density at radius 3 is 2.58 bits per heavy atom. The highest BCUT2D eigenvalue weighted by Gasteiger charge is 2.21. The Balaban J connectivity index is 1.27. The second-order valence-electron chi connectivity index (χ2n) is 9.38. The smallest absolute Gasteiger partial charge is 0.326 e. The maximum absolute atomic E-state index is 12.9. The van der Waals surface area contributed by atoms with Gasteiger partial charge < -0.3 is 14.2 Å². The van der Waals surface area contributed by atoms with Crippen LogP contribution in [-0.2, 0) is 22.5 Å². The third-order valence-corrected chi connectivity index (χ3v) is 7.22. The van der Waals surface area contributed by atoms with E-state index in [1.54, 1.807) is 6.92 Å². The minimum absolute atomic E-state index is 0.0747. The van der Waals surface area contributed by atoms with E-state index in [0.717, 1.165) is 72.4 Å². The SMILES string of the molecule is CCOC(=O)Cn1c(=O)c(C)c(C)c2cc(CCN3CCN(c4noc5ccccc45)CC3)ccc21. The molecule has 8 heteroatoms. The van der Waals surface area contributed by atoms with Gasteiger partial charge in [0.25, 0.3) is 5.56 Å². The van der Waals surface area contributed by atoms with Crippen LogP contribution in [0.4, 0.5) is 5.82 Å². The number of carbonyl (C=O) groups excluding carboxylic acids is 1. The van der Waals surface area contributed by atoms with Crippen molar-refractivity contribution in [2.24, 2.45) is 0 Å². The molecule has 5 rings (SSSR count). The molecule has 1 fully saturated rings. The van der Waals surface area contributed by atoms with Crippen molar-refractivity contribution in [3.63, 3.8) is 0 Å². The molecule has 8 nitrogen and oxygen atoms in total. The molecular weight excluding hydrogens is 456 g/mol. The number of fused-ring (bicyclic) bond motifs is 2. The van der Waals surface area contributed by atoms with E-state index in [4.69, 9.17) is 9.26 Å². The number of carbonyl (C=O) groups is 1.